The van der Waals surface area contributed by atoms with Crippen LogP contribution in [-0.2, 0) is 16.0 Å². The number of rotatable bonds is 8. The first-order chi connectivity index (χ1) is 9.06. The molecule has 0 saturated carbocycles. The number of nitrogens with one attached hydrogen (secondary N) is 1. The predicted octanol–water partition coefficient (Wildman–Crippen LogP) is 3.49. The number of hydrogen-bond donors (Lipinski definition) is 1. The predicted molar refractivity (Wildman–Crippen MR) is 79.6 cm³/mol. The summed E-state index contributed by atoms with van der Waals surface area (Å²) in [6.45, 7) is 8.84. The lowest BCUT2D eigenvalue weighted by atomic mass is 10.0. The molecule has 0 fully saturated rings. The van der Waals surface area contributed by atoms with Crippen LogP contribution >= 0.6 is 11.3 Å². The van der Waals surface area contributed by atoms with Crippen LogP contribution in [0.1, 0.15) is 46.2 Å². The van der Waals surface area contributed by atoms with Crippen molar-refractivity contribution >= 4 is 22.4 Å². The number of hydrogen-bond acceptors (Lipinski definition) is 5. The Kier molecular flexibility index (Phi) is 6.84. The molecule has 1 N–H and O–H groups in total. The molecule has 1 rings (SSSR count). The lowest BCUT2D eigenvalue weighted by Gasteiger charge is -2.19. The standard InChI is InChI=1S/C14H24N2O2S/c1-5-12(10(3)4)16-14-15-11(9-19-14)7-8-13(17)18-6-2/h9-10,12H,5-8H2,1-4H3,(H,15,16). The van der Waals surface area contributed by atoms with Crippen molar-refractivity contribution in [1.29, 1.82) is 0 Å². The van der Waals surface area contributed by atoms with Crippen LogP contribution in [0.4, 0.5) is 5.13 Å². The van der Waals surface area contributed by atoms with E-state index >= 15 is 0 Å². The minimum atomic E-state index is -0.154. The molecule has 0 aliphatic rings. The summed E-state index contributed by atoms with van der Waals surface area (Å²) in [4.78, 5) is 15.8. The SMILES string of the molecule is CCOC(=O)CCc1csc(NC(CC)C(C)C)n1. The van der Waals surface area contributed by atoms with Gasteiger partial charge in [0, 0.05) is 17.8 Å². The van der Waals surface area contributed by atoms with E-state index in [2.05, 4.69) is 31.1 Å². The molecule has 0 radical (unpaired) electrons. The molecule has 5 heteroatoms. The van der Waals surface area contributed by atoms with Gasteiger partial charge in [0.1, 0.15) is 0 Å². The van der Waals surface area contributed by atoms with Gasteiger partial charge in [0.25, 0.3) is 0 Å². The Morgan fingerprint density at radius 2 is 2.21 bits per heavy atom. The van der Waals surface area contributed by atoms with E-state index in [1.54, 1.807) is 11.3 Å². The van der Waals surface area contributed by atoms with Gasteiger partial charge in [-0.05, 0) is 19.3 Å². The summed E-state index contributed by atoms with van der Waals surface area (Å²) >= 11 is 1.60. The second-order valence-electron chi connectivity index (χ2n) is 4.85. The van der Waals surface area contributed by atoms with Gasteiger partial charge in [-0.2, -0.15) is 0 Å². The fourth-order valence-corrected chi connectivity index (χ4v) is 2.66. The number of nitrogens with zero attached hydrogens (tertiary/aromatic N) is 1. The molecular formula is C14H24N2O2S. The van der Waals surface area contributed by atoms with Crippen LogP contribution in [0.15, 0.2) is 5.38 Å². The molecule has 0 aliphatic carbocycles. The molecule has 0 saturated heterocycles. The first-order valence-corrected chi connectivity index (χ1v) is 7.81. The smallest absolute Gasteiger partial charge is 0.306 e. The zero-order valence-corrected chi connectivity index (χ0v) is 13.0. The third kappa shape index (κ3) is 5.59. The van der Waals surface area contributed by atoms with Crippen molar-refractivity contribution in [1.82, 2.24) is 4.98 Å². The quantitative estimate of drug-likeness (QED) is 0.742. The number of carbonyl (C=O) groups is 1. The van der Waals surface area contributed by atoms with Crippen LogP contribution in [0.3, 0.4) is 0 Å². The Balaban J connectivity index is 2.46. The van der Waals surface area contributed by atoms with Gasteiger partial charge in [-0.3, -0.25) is 4.79 Å². The van der Waals surface area contributed by atoms with E-state index in [9.17, 15) is 4.79 Å². The highest BCUT2D eigenvalue weighted by atomic mass is 32.1. The van der Waals surface area contributed by atoms with E-state index in [4.69, 9.17) is 4.74 Å². The number of anilines is 1. The Morgan fingerprint density at radius 3 is 2.79 bits per heavy atom. The Morgan fingerprint density at radius 1 is 1.47 bits per heavy atom. The fourth-order valence-electron chi connectivity index (χ4n) is 1.85. The van der Waals surface area contributed by atoms with Gasteiger partial charge >= 0.3 is 5.97 Å². The normalized spacial score (nSPS) is 12.5. The van der Waals surface area contributed by atoms with Crippen molar-refractivity contribution < 1.29 is 9.53 Å². The van der Waals surface area contributed by atoms with Crippen molar-refractivity contribution in [2.45, 2.75) is 53.0 Å². The Bertz CT molecular complexity index is 391. The van der Waals surface area contributed by atoms with Gasteiger partial charge < -0.3 is 10.1 Å². The molecule has 0 aliphatic heterocycles. The molecule has 1 aromatic heterocycles. The maximum Gasteiger partial charge on any atom is 0.306 e. The first kappa shape index (κ1) is 16.0. The summed E-state index contributed by atoms with van der Waals surface area (Å²) in [6, 6.07) is 0.448. The third-order valence-corrected chi connectivity index (χ3v) is 3.82. The van der Waals surface area contributed by atoms with Crippen LogP contribution < -0.4 is 5.32 Å². The lowest BCUT2D eigenvalue weighted by Crippen LogP contribution is -2.24. The van der Waals surface area contributed by atoms with Gasteiger partial charge in [-0.1, -0.05) is 20.8 Å². The van der Waals surface area contributed by atoms with E-state index in [1.807, 2.05) is 12.3 Å². The van der Waals surface area contributed by atoms with E-state index in [0.717, 1.165) is 17.2 Å². The van der Waals surface area contributed by atoms with Gasteiger partial charge in [0.15, 0.2) is 5.13 Å². The van der Waals surface area contributed by atoms with Crippen molar-refractivity contribution in [3.8, 4) is 0 Å². The van der Waals surface area contributed by atoms with Crippen molar-refractivity contribution in [3.63, 3.8) is 0 Å². The van der Waals surface area contributed by atoms with Crippen LogP contribution in [0.2, 0.25) is 0 Å². The molecule has 4 nitrogen and oxygen atoms in total. The highest BCUT2D eigenvalue weighted by Gasteiger charge is 2.13. The summed E-state index contributed by atoms with van der Waals surface area (Å²) in [7, 11) is 0. The van der Waals surface area contributed by atoms with Gasteiger partial charge in [-0.25, -0.2) is 4.98 Å². The largest absolute Gasteiger partial charge is 0.466 e. The molecule has 0 bridgehead atoms. The van der Waals surface area contributed by atoms with Crippen molar-refractivity contribution in [2.75, 3.05) is 11.9 Å². The molecule has 1 unspecified atom stereocenters. The fraction of sp³-hybridized carbons (Fsp3) is 0.714. The van der Waals surface area contributed by atoms with E-state index in [-0.39, 0.29) is 5.97 Å². The Hall–Kier alpha value is -1.10. The number of ether oxygens (including phenoxy) is 1. The summed E-state index contributed by atoms with van der Waals surface area (Å²) in [5.74, 6) is 0.426. The molecule has 0 amide bonds. The molecule has 0 spiro atoms. The van der Waals surface area contributed by atoms with Crippen LogP contribution in [0.5, 0.6) is 0 Å². The lowest BCUT2D eigenvalue weighted by molar-refractivity contribution is -0.143. The monoisotopic (exact) mass is 284 g/mol. The van der Waals surface area contributed by atoms with Crippen LogP contribution in [-0.4, -0.2) is 23.6 Å². The minimum absolute atomic E-state index is 0.154. The summed E-state index contributed by atoms with van der Waals surface area (Å²) in [5, 5.41) is 6.40. The molecule has 19 heavy (non-hydrogen) atoms. The molecule has 1 heterocycles. The molecule has 1 atom stereocenters. The maximum absolute atomic E-state index is 11.3. The highest BCUT2D eigenvalue weighted by Crippen LogP contribution is 2.20. The van der Waals surface area contributed by atoms with E-state index in [1.165, 1.54) is 0 Å². The van der Waals surface area contributed by atoms with Crippen LogP contribution in [0.25, 0.3) is 0 Å². The summed E-state index contributed by atoms with van der Waals surface area (Å²) in [5.41, 5.74) is 0.958. The number of thiazole rings is 1. The Labute approximate surface area is 119 Å². The number of carbonyl (C=O) groups excluding carboxylic acids is 1. The summed E-state index contributed by atoms with van der Waals surface area (Å²) in [6.07, 6.45) is 2.13. The van der Waals surface area contributed by atoms with Gasteiger partial charge in [-0.15, -0.1) is 11.3 Å². The summed E-state index contributed by atoms with van der Waals surface area (Å²) < 4.78 is 4.90. The molecular weight excluding hydrogens is 260 g/mol. The minimum Gasteiger partial charge on any atom is -0.466 e. The van der Waals surface area contributed by atoms with E-state index in [0.29, 0.717) is 31.4 Å². The van der Waals surface area contributed by atoms with Gasteiger partial charge in [0.05, 0.1) is 18.7 Å². The van der Waals surface area contributed by atoms with E-state index < -0.39 is 0 Å². The first-order valence-electron chi connectivity index (χ1n) is 6.93. The third-order valence-electron chi connectivity index (χ3n) is 3.00. The molecule has 0 aromatic carbocycles. The average molecular weight is 284 g/mol. The zero-order chi connectivity index (χ0) is 14.3. The highest BCUT2D eigenvalue weighted by molar-refractivity contribution is 7.13. The zero-order valence-electron chi connectivity index (χ0n) is 12.2. The second-order valence-corrected chi connectivity index (χ2v) is 5.71. The number of esters is 1. The van der Waals surface area contributed by atoms with Crippen molar-refractivity contribution in [3.05, 3.63) is 11.1 Å². The number of aryl methyl sites for hydroxylation is 1. The van der Waals surface area contributed by atoms with Crippen LogP contribution in [0, 0.1) is 5.92 Å². The number of aromatic nitrogens is 1. The van der Waals surface area contributed by atoms with Gasteiger partial charge in [0.2, 0.25) is 0 Å². The average Bonchev–Trinajstić information content (AvgIpc) is 2.81. The second kappa shape index (κ2) is 8.15. The molecule has 108 valence electrons. The maximum atomic E-state index is 11.3. The van der Waals surface area contributed by atoms with Crippen molar-refractivity contribution in [2.24, 2.45) is 5.92 Å². The molecule has 1 aromatic rings. The topological polar surface area (TPSA) is 51.2 Å².